The Morgan fingerprint density at radius 3 is 2.50 bits per heavy atom. The number of rotatable bonds is 4. The number of aliphatic hydroxyl groups is 1. The zero-order chi connectivity index (χ0) is 12.2. The summed E-state index contributed by atoms with van der Waals surface area (Å²) in [6.07, 6.45) is 6.12. The van der Waals surface area contributed by atoms with Crippen LogP contribution in [0.4, 0.5) is 0 Å². The Morgan fingerprint density at radius 1 is 1.44 bits per heavy atom. The van der Waals surface area contributed by atoms with Crippen LogP contribution in [0.5, 0.6) is 0 Å². The molecule has 0 aromatic rings. The molecule has 0 aromatic heterocycles. The molecule has 4 nitrogen and oxygen atoms in total. The van der Waals surface area contributed by atoms with Gasteiger partial charge >= 0.3 is 5.97 Å². The number of ether oxygens (including phenoxy) is 1. The maximum Gasteiger partial charge on any atom is 0.338 e. The second-order valence-corrected chi connectivity index (χ2v) is 4.97. The topological polar surface area (TPSA) is 49.8 Å². The van der Waals surface area contributed by atoms with Gasteiger partial charge in [-0.25, -0.2) is 4.79 Å². The third-order valence-corrected chi connectivity index (χ3v) is 3.38. The summed E-state index contributed by atoms with van der Waals surface area (Å²) in [6.45, 7) is 1.85. The number of hydrogen-bond donors (Lipinski definition) is 1. The number of esters is 1. The van der Waals surface area contributed by atoms with Gasteiger partial charge in [0, 0.05) is 12.6 Å². The molecule has 94 valence electrons. The van der Waals surface area contributed by atoms with Gasteiger partial charge in [0.05, 0.1) is 7.11 Å². The Morgan fingerprint density at radius 2 is 2.00 bits per heavy atom. The van der Waals surface area contributed by atoms with E-state index < -0.39 is 11.6 Å². The maximum atomic E-state index is 11.4. The van der Waals surface area contributed by atoms with Crippen molar-refractivity contribution in [2.45, 2.75) is 50.7 Å². The monoisotopic (exact) mass is 229 g/mol. The van der Waals surface area contributed by atoms with E-state index in [1.165, 1.54) is 33.3 Å². The van der Waals surface area contributed by atoms with Crippen LogP contribution >= 0.6 is 0 Å². The lowest BCUT2D eigenvalue weighted by atomic mass is 9.93. The van der Waals surface area contributed by atoms with E-state index in [1.54, 1.807) is 0 Å². The lowest BCUT2D eigenvalue weighted by Crippen LogP contribution is -2.49. The van der Waals surface area contributed by atoms with Gasteiger partial charge in [-0.1, -0.05) is 19.3 Å². The summed E-state index contributed by atoms with van der Waals surface area (Å²) in [5, 5.41) is 9.97. The minimum atomic E-state index is -1.40. The molecule has 0 aliphatic heterocycles. The van der Waals surface area contributed by atoms with E-state index in [4.69, 9.17) is 0 Å². The van der Waals surface area contributed by atoms with E-state index >= 15 is 0 Å². The summed E-state index contributed by atoms with van der Waals surface area (Å²) in [7, 11) is 3.27. The Hall–Kier alpha value is -0.610. The summed E-state index contributed by atoms with van der Waals surface area (Å²) in [6, 6.07) is 0.491. The van der Waals surface area contributed by atoms with Gasteiger partial charge in [-0.05, 0) is 26.8 Å². The molecule has 0 bridgehead atoms. The van der Waals surface area contributed by atoms with Crippen molar-refractivity contribution in [2.24, 2.45) is 0 Å². The van der Waals surface area contributed by atoms with Crippen molar-refractivity contribution in [1.82, 2.24) is 4.90 Å². The molecule has 1 unspecified atom stereocenters. The van der Waals surface area contributed by atoms with E-state index in [0.717, 1.165) is 12.8 Å². The first-order chi connectivity index (χ1) is 7.47. The zero-order valence-corrected chi connectivity index (χ0v) is 10.5. The van der Waals surface area contributed by atoms with Crippen LogP contribution in [-0.2, 0) is 9.53 Å². The maximum absolute atomic E-state index is 11.4. The van der Waals surface area contributed by atoms with E-state index in [0.29, 0.717) is 12.6 Å². The second-order valence-electron chi connectivity index (χ2n) is 4.97. The van der Waals surface area contributed by atoms with Gasteiger partial charge in [-0.15, -0.1) is 0 Å². The molecule has 1 aliphatic rings. The summed E-state index contributed by atoms with van der Waals surface area (Å²) in [4.78, 5) is 13.4. The van der Waals surface area contributed by atoms with Crippen molar-refractivity contribution < 1.29 is 14.6 Å². The normalized spacial score (nSPS) is 21.8. The molecule has 1 fully saturated rings. The fraction of sp³-hybridized carbons (Fsp3) is 0.917. The van der Waals surface area contributed by atoms with Gasteiger partial charge < -0.3 is 9.84 Å². The van der Waals surface area contributed by atoms with Crippen molar-refractivity contribution >= 4 is 5.97 Å². The molecular weight excluding hydrogens is 206 g/mol. The van der Waals surface area contributed by atoms with Gasteiger partial charge in [-0.3, -0.25) is 4.90 Å². The first kappa shape index (κ1) is 13.5. The molecule has 16 heavy (non-hydrogen) atoms. The van der Waals surface area contributed by atoms with E-state index in [2.05, 4.69) is 9.64 Å². The molecule has 0 spiro atoms. The molecule has 0 saturated heterocycles. The Bertz CT molecular complexity index is 234. The van der Waals surface area contributed by atoms with Crippen molar-refractivity contribution in [1.29, 1.82) is 0 Å². The van der Waals surface area contributed by atoms with Gasteiger partial charge in [0.15, 0.2) is 5.60 Å². The highest BCUT2D eigenvalue weighted by Crippen LogP contribution is 2.23. The summed E-state index contributed by atoms with van der Waals surface area (Å²) in [5.74, 6) is -0.560. The van der Waals surface area contributed by atoms with Crippen LogP contribution in [0.15, 0.2) is 0 Å². The molecule has 1 saturated carbocycles. The molecule has 0 aromatic carbocycles. The predicted octanol–water partition coefficient (Wildman–Crippen LogP) is 1.17. The van der Waals surface area contributed by atoms with Gasteiger partial charge in [0.25, 0.3) is 0 Å². The molecule has 1 aliphatic carbocycles. The first-order valence-corrected chi connectivity index (χ1v) is 5.98. The first-order valence-electron chi connectivity index (χ1n) is 5.98. The average molecular weight is 229 g/mol. The highest BCUT2D eigenvalue weighted by Gasteiger charge is 2.34. The second kappa shape index (κ2) is 5.64. The van der Waals surface area contributed by atoms with Crippen LogP contribution in [0, 0.1) is 0 Å². The SMILES string of the molecule is COC(=O)C(C)(O)CN(C)C1CCCCC1. The molecule has 1 atom stereocenters. The van der Waals surface area contributed by atoms with E-state index in [1.807, 2.05) is 7.05 Å². The number of likely N-dealkylation sites (N-methyl/N-ethyl adjacent to an activating group) is 1. The standard InChI is InChI=1S/C12H23NO3/c1-12(15,11(14)16-3)9-13(2)10-7-5-4-6-8-10/h10,15H,4-9H2,1-3H3. The number of carbonyl (C=O) groups is 1. The van der Waals surface area contributed by atoms with E-state index in [-0.39, 0.29) is 0 Å². The van der Waals surface area contributed by atoms with Gasteiger partial charge in [0.2, 0.25) is 0 Å². The fourth-order valence-corrected chi connectivity index (χ4v) is 2.42. The van der Waals surface area contributed by atoms with E-state index in [9.17, 15) is 9.90 Å². The van der Waals surface area contributed by atoms with Crippen LogP contribution in [0.2, 0.25) is 0 Å². The minimum Gasteiger partial charge on any atom is -0.467 e. The van der Waals surface area contributed by atoms with Crippen molar-refractivity contribution in [3.05, 3.63) is 0 Å². The number of nitrogens with zero attached hydrogens (tertiary/aromatic N) is 1. The molecule has 0 radical (unpaired) electrons. The fourth-order valence-electron chi connectivity index (χ4n) is 2.42. The lowest BCUT2D eigenvalue weighted by molar-refractivity contribution is -0.162. The van der Waals surface area contributed by atoms with Crippen LogP contribution in [-0.4, -0.2) is 48.3 Å². The van der Waals surface area contributed by atoms with Crippen LogP contribution in [0.25, 0.3) is 0 Å². The minimum absolute atomic E-state index is 0.338. The summed E-state index contributed by atoms with van der Waals surface area (Å²) < 4.78 is 4.59. The van der Waals surface area contributed by atoms with Gasteiger partial charge in [-0.2, -0.15) is 0 Å². The average Bonchev–Trinajstić information content (AvgIpc) is 2.28. The highest BCUT2D eigenvalue weighted by atomic mass is 16.5. The Balaban J connectivity index is 2.48. The number of hydrogen-bond acceptors (Lipinski definition) is 4. The third kappa shape index (κ3) is 3.46. The largest absolute Gasteiger partial charge is 0.467 e. The lowest BCUT2D eigenvalue weighted by Gasteiger charge is -2.34. The highest BCUT2D eigenvalue weighted by molar-refractivity contribution is 5.78. The Labute approximate surface area is 97.6 Å². The van der Waals surface area contributed by atoms with Crippen molar-refractivity contribution in [2.75, 3.05) is 20.7 Å². The molecule has 1 N–H and O–H groups in total. The number of carbonyl (C=O) groups excluding carboxylic acids is 1. The van der Waals surface area contributed by atoms with Crippen molar-refractivity contribution in [3.8, 4) is 0 Å². The molecule has 0 heterocycles. The van der Waals surface area contributed by atoms with Crippen LogP contribution in [0.3, 0.4) is 0 Å². The summed E-state index contributed by atoms with van der Waals surface area (Å²) in [5.41, 5.74) is -1.40. The van der Waals surface area contributed by atoms with Crippen molar-refractivity contribution in [3.63, 3.8) is 0 Å². The smallest absolute Gasteiger partial charge is 0.338 e. The zero-order valence-electron chi connectivity index (χ0n) is 10.5. The number of methoxy groups -OCH3 is 1. The molecule has 0 amide bonds. The third-order valence-electron chi connectivity index (χ3n) is 3.38. The molecule has 1 rings (SSSR count). The predicted molar refractivity (Wildman–Crippen MR) is 62.1 cm³/mol. The molecule has 4 heteroatoms. The van der Waals surface area contributed by atoms with Gasteiger partial charge in [0.1, 0.15) is 0 Å². The van der Waals surface area contributed by atoms with Crippen LogP contribution in [0.1, 0.15) is 39.0 Å². The molecular formula is C12H23NO3. The Kier molecular flexibility index (Phi) is 4.74. The quantitative estimate of drug-likeness (QED) is 0.735. The van der Waals surface area contributed by atoms with Crippen LogP contribution < -0.4 is 0 Å². The summed E-state index contributed by atoms with van der Waals surface area (Å²) >= 11 is 0.